The Morgan fingerprint density at radius 2 is 1.96 bits per heavy atom. The van der Waals surface area contributed by atoms with Crippen LogP contribution < -0.4 is 15.4 Å². The quantitative estimate of drug-likeness (QED) is 0.614. The maximum atomic E-state index is 6.50. The first-order valence-corrected chi connectivity index (χ1v) is 10.3. The minimum absolute atomic E-state index is 0.611. The van der Waals surface area contributed by atoms with Crippen molar-refractivity contribution in [3.63, 3.8) is 0 Å². The molecule has 0 saturated carbocycles. The zero-order valence-corrected chi connectivity index (χ0v) is 16.8. The van der Waals surface area contributed by atoms with E-state index < -0.39 is 0 Å². The summed E-state index contributed by atoms with van der Waals surface area (Å²) in [7, 11) is 0. The standard InChI is InChI=1S/C23H29ClN2O/c1-2-20-22(24)12-11-21(18-8-6-7-14-25-15-13-18)23(20)26-16-17-27-19-9-4-3-5-10-19/h3-5,8-12,25-26H,2,6-7,13-17H2,1H3/b18-8+. The summed E-state index contributed by atoms with van der Waals surface area (Å²) in [5, 5.41) is 7.95. The summed E-state index contributed by atoms with van der Waals surface area (Å²) in [5.74, 6) is 0.898. The van der Waals surface area contributed by atoms with Crippen molar-refractivity contribution >= 4 is 22.9 Å². The summed E-state index contributed by atoms with van der Waals surface area (Å²) < 4.78 is 5.83. The highest BCUT2D eigenvalue weighted by molar-refractivity contribution is 6.31. The first-order valence-electron chi connectivity index (χ1n) is 9.92. The molecule has 2 aromatic rings. The predicted octanol–water partition coefficient (Wildman–Crippen LogP) is 5.55. The minimum Gasteiger partial charge on any atom is -0.492 e. The Bertz CT molecular complexity index is 758. The van der Waals surface area contributed by atoms with Crippen LogP contribution in [0.4, 0.5) is 5.69 Å². The van der Waals surface area contributed by atoms with E-state index >= 15 is 0 Å². The van der Waals surface area contributed by atoms with Gasteiger partial charge in [-0.15, -0.1) is 0 Å². The number of nitrogens with one attached hydrogen (secondary N) is 2. The maximum absolute atomic E-state index is 6.50. The van der Waals surface area contributed by atoms with Crippen LogP contribution in [0.1, 0.15) is 37.3 Å². The van der Waals surface area contributed by atoms with Crippen molar-refractivity contribution in [2.24, 2.45) is 0 Å². The summed E-state index contributed by atoms with van der Waals surface area (Å²) in [6.07, 6.45) is 6.64. The van der Waals surface area contributed by atoms with Gasteiger partial charge in [0.2, 0.25) is 0 Å². The largest absolute Gasteiger partial charge is 0.492 e. The molecule has 0 spiro atoms. The van der Waals surface area contributed by atoms with Crippen LogP contribution in [0.3, 0.4) is 0 Å². The van der Waals surface area contributed by atoms with Crippen LogP contribution in [-0.4, -0.2) is 26.2 Å². The first kappa shape index (κ1) is 19.8. The average molecular weight is 385 g/mol. The predicted molar refractivity (Wildman–Crippen MR) is 116 cm³/mol. The fourth-order valence-corrected chi connectivity index (χ4v) is 3.79. The van der Waals surface area contributed by atoms with E-state index in [4.69, 9.17) is 16.3 Å². The monoisotopic (exact) mass is 384 g/mol. The molecule has 27 heavy (non-hydrogen) atoms. The van der Waals surface area contributed by atoms with Gasteiger partial charge in [0, 0.05) is 22.8 Å². The Morgan fingerprint density at radius 3 is 2.78 bits per heavy atom. The van der Waals surface area contributed by atoms with Crippen LogP contribution in [0, 0.1) is 0 Å². The summed E-state index contributed by atoms with van der Waals surface area (Å²) in [6.45, 7) is 5.63. The second kappa shape index (κ2) is 10.4. The van der Waals surface area contributed by atoms with E-state index in [0.717, 1.165) is 55.4 Å². The van der Waals surface area contributed by atoms with E-state index in [2.05, 4.69) is 29.7 Å². The summed E-state index contributed by atoms with van der Waals surface area (Å²) in [6, 6.07) is 14.1. The molecule has 0 bridgehead atoms. The van der Waals surface area contributed by atoms with Crippen LogP contribution in [-0.2, 0) is 6.42 Å². The second-order valence-electron chi connectivity index (χ2n) is 6.76. The number of anilines is 1. The molecule has 0 aliphatic carbocycles. The molecule has 0 amide bonds. The van der Waals surface area contributed by atoms with E-state index in [1.54, 1.807) is 0 Å². The van der Waals surface area contributed by atoms with Crippen molar-refractivity contribution in [3.8, 4) is 5.75 Å². The van der Waals surface area contributed by atoms with Gasteiger partial charge in [-0.05, 0) is 68.1 Å². The highest BCUT2D eigenvalue weighted by Gasteiger charge is 2.15. The maximum Gasteiger partial charge on any atom is 0.119 e. The van der Waals surface area contributed by atoms with Gasteiger partial charge in [-0.25, -0.2) is 0 Å². The number of para-hydroxylation sites is 1. The van der Waals surface area contributed by atoms with E-state index in [9.17, 15) is 0 Å². The molecule has 2 N–H and O–H groups in total. The first-order chi connectivity index (χ1) is 13.3. The third-order valence-electron chi connectivity index (χ3n) is 4.89. The number of rotatable bonds is 7. The van der Waals surface area contributed by atoms with Crippen molar-refractivity contribution in [1.82, 2.24) is 5.32 Å². The lowest BCUT2D eigenvalue weighted by Crippen LogP contribution is -2.19. The van der Waals surface area contributed by atoms with Gasteiger partial charge >= 0.3 is 0 Å². The van der Waals surface area contributed by atoms with E-state index in [0.29, 0.717) is 6.61 Å². The molecule has 3 rings (SSSR count). The molecule has 1 heterocycles. The highest BCUT2D eigenvalue weighted by atomic mass is 35.5. The van der Waals surface area contributed by atoms with Crippen LogP contribution in [0.2, 0.25) is 5.02 Å². The molecule has 0 fully saturated rings. The van der Waals surface area contributed by atoms with Gasteiger partial charge in [0.05, 0.1) is 0 Å². The Kier molecular flexibility index (Phi) is 7.61. The van der Waals surface area contributed by atoms with Crippen LogP contribution in [0.25, 0.3) is 5.57 Å². The fraction of sp³-hybridized carbons (Fsp3) is 0.391. The highest BCUT2D eigenvalue weighted by Crippen LogP contribution is 2.35. The topological polar surface area (TPSA) is 33.3 Å². The normalized spacial score (nSPS) is 16.7. The number of hydrogen-bond acceptors (Lipinski definition) is 3. The number of allylic oxidation sites excluding steroid dienone is 1. The Hall–Kier alpha value is -1.97. The minimum atomic E-state index is 0.611. The molecule has 0 saturated heterocycles. The van der Waals surface area contributed by atoms with Gasteiger partial charge in [0.25, 0.3) is 0 Å². The van der Waals surface area contributed by atoms with Gasteiger partial charge in [-0.2, -0.15) is 0 Å². The third-order valence-corrected chi connectivity index (χ3v) is 5.24. The van der Waals surface area contributed by atoms with Crippen molar-refractivity contribution < 1.29 is 4.74 Å². The Morgan fingerprint density at radius 1 is 1.11 bits per heavy atom. The average Bonchev–Trinajstić information content (AvgIpc) is 2.66. The van der Waals surface area contributed by atoms with Crippen LogP contribution >= 0.6 is 11.6 Å². The second-order valence-corrected chi connectivity index (χ2v) is 7.17. The van der Waals surface area contributed by atoms with Crippen molar-refractivity contribution in [3.05, 3.63) is 64.7 Å². The third kappa shape index (κ3) is 5.50. The lowest BCUT2D eigenvalue weighted by molar-refractivity contribution is 0.333. The smallest absolute Gasteiger partial charge is 0.119 e. The number of ether oxygens (including phenoxy) is 1. The van der Waals surface area contributed by atoms with E-state index in [-0.39, 0.29) is 0 Å². The van der Waals surface area contributed by atoms with Gasteiger partial charge in [0.1, 0.15) is 12.4 Å². The van der Waals surface area contributed by atoms with Crippen LogP contribution in [0.15, 0.2) is 48.5 Å². The Labute approximate surface area is 167 Å². The molecule has 4 heteroatoms. The molecule has 0 radical (unpaired) electrons. The zero-order chi connectivity index (χ0) is 18.9. The lowest BCUT2D eigenvalue weighted by atomic mass is 9.94. The lowest BCUT2D eigenvalue weighted by Gasteiger charge is -2.21. The number of halogens is 1. The number of benzene rings is 2. The van der Waals surface area contributed by atoms with Gasteiger partial charge in [-0.1, -0.05) is 48.9 Å². The van der Waals surface area contributed by atoms with E-state index in [1.807, 2.05) is 36.4 Å². The zero-order valence-electron chi connectivity index (χ0n) is 16.1. The fourth-order valence-electron chi connectivity index (χ4n) is 3.50. The van der Waals surface area contributed by atoms with Gasteiger partial charge in [-0.3, -0.25) is 0 Å². The van der Waals surface area contributed by atoms with Crippen molar-refractivity contribution in [2.75, 3.05) is 31.6 Å². The van der Waals surface area contributed by atoms with Crippen molar-refractivity contribution in [2.45, 2.75) is 32.6 Å². The molecular formula is C23H29ClN2O. The van der Waals surface area contributed by atoms with Crippen LogP contribution in [0.5, 0.6) is 5.75 Å². The molecular weight excluding hydrogens is 356 g/mol. The van der Waals surface area contributed by atoms with Crippen molar-refractivity contribution in [1.29, 1.82) is 0 Å². The molecule has 0 unspecified atom stereocenters. The summed E-state index contributed by atoms with van der Waals surface area (Å²) in [4.78, 5) is 0. The van der Waals surface area contributed by atoms with Gasteiger partial charge < -0.3 is 15.4 Å². The summed E-state index contributed by atoms with van der Waals surface area (Å²) in [5.41, 5.74) is 5.03. The Balaban J connectivity index is 1.75. The molecule has 0 aromatic heterocycles. The molecule has 144 valence electrons. The number of hydrogen-bond donors (Lipinski definition) is 2. The SMILES string of the molecule is CCc1c(Cl)ccc(/C2=C/CCCNCC2)c1NCCOc1ccccc1. The summed E-state index contributed by atoms with van der Waals surface area (Å²) >= 11 is 6.50. The molecule has 1 aliphatic heterocycles. The molecule has 1 aliphatic rings. The van der Waals surface area contributed by atoms with E-state index in [1.165, 1.54) is 23.1 Å². The van der Waals surface area contributed by atoms with Gasteiger partial charge in [0.15, 0.2) is 0 Å². The molecule has 0 atom stereocenters. The molecule has 2 aromatic carbocycles. The molecule has 3 nitrogen and oxygen atoms in total.